The first-order valence-corrected chi connectivity index (χ1v) is 7.33. The lowest BCUT2D eigenvalue weighted by Crippen LogP contribution is -1.89. The van der Waals surface area contributed by atoms with Crippen molar-refractivity contribution in [2.75, 3.05) is 5.73 Å². The van der Waals surface area contributed by atoms with Gasteiger partial charge in [-0.3, -0.25) is 0 Å². The van der Waals surface area contributed by atoms with E-state index in [2.05, 4.69) is 15.9 Å². The molecule has 0 bridgehead atoms. The zero-order valence-electron chi connectivity index (χ0n) is 9.29. The van der Waals surface area contributed by atoms with Crippen molar-refractivity contribution in [2.45, 2.75) is 10.6 Å². The first-order chi connectivity index (χ1) is 8.56. The summed E-state index contributed by atoms with van der Waals surface area (Å²) < 4.78 is 14.4. The van der Waals surface area contributed by atoms with Gasteiger partial charge < -0.3 is 5.73 Å². The van der Waals surface area contributed by atoms with Gasteiger partial charge in [-0.05, 0) is 57.9 Å². The Morgan fingerprint density at radius 3 is 2.72 bits per heavy atom. The summed E-state index contributed by atoms with van der Waals surface area (Å²) in [5.41, 5.74) is 6.95. The summed E-state index contributed by atoms with van der Waals surface area (Å²) in [6.45, 7) is 0. The molecule has 0 spiro atoms. The second-order valence-corrected chi connectivity index (χ2v) is 6.02. The van der Waals surface area contributed by atoms with Gasteiger partial charge in [-0.1, -0.05) is 11.6 Å². The molecule has 0 aliphatic rings. The molecule has 0 saturated heterocycles. The molecular formula is C13H10BrClFNS. The number of nitrogen functional groups attached to an aromatic ring is 1. The minimum atomic E-state index is -0.238. The predicted molar refractivity (Wildman–Crippen MR) is 79.5 cm³/mol. The number of benzene rings is 2. The summed E-state index contributed by atoms with van der Waals surface area (Å²) >= 11 is 10.8. The number of hydrogen-bond acceptors (Lipinski definition) is 2. The smallest absolute Gasteiger partial charge is 0.127 e. The third-order valence-electron chi connectivity index (χ3n) is 2.35. The monoisotopic (exact) mass is 345 g/mol. The minimum Gasteiger partial charge on any atom is -0.399 e. The van der Waals surface area contributed by atoms with Gasteiger partial charge in [-0.25, -0.2) is 4.39 Å². The first-order valence-electron chi connectivity index (χ1n) is 5.18. The van der Waals surface area contributed by atoms with Crippen molar-refractivity contribution < 1.29 is 4.39 Å². The van der Waals surface area contributed by atoms with Crippen LogP contribution in [0, 0.1) is 5.82 Å². The molecule has 0 heterocycles. The number of thioether (sulfide) groups is 1. The second-order valence-electron chi connectivity index (χ2n) is 3.71. The average Bonchev–Trinajstić information content (AvgIpc) is 2.32. The van der Waals surface area contributed by atoms with Crippen LogP contribution in [0.25, 0.3) is 0 Å². The van der Waals surface area contributed by atoms with Gasteiger partial charge in [0.2, 0.25) is 0 Å². The van der Waals surface area contributed by atoms with Gasteiger partial charge in [0.05, 0.1) is 0 Å². The molecule has 0 saturated carbocycles. The van der Waals surface area contributed by atoms with E-state index in [1.807, 2.05) is 18.2 Å². The van der Waals surface area contributed by atoms with Gasteiger partial charge in [0.25, 0.3) is 0 Å². The zero-order valence-corrected chi connectivity index (χ0v) is 12.4. The fourth-order valence-corrected chi connectivity index (χ4v) is 3.27. The lowest BCUT2D eigenvalue weighted by atomic mass is 10.2. The molecule has 5 heteroatoms. The van der Waals surface area contributed by atoms with Gasteiger partial charge in [-0.15, -0.1) is 11.8 Å². The van der Waals surface area contributed by atoms with E-state index in [0.29, 0.717) is 22.0 Å². The standard InChI is InChI=1S/C13H10BrClFNS/c14-11-6-10(17)2-4-13(11)18-7-8-5-9(15)1-3-12(8)16/h1-6H,7,17H2. The van der Waals surface area contributed by atoms with Crippen LogP contribution in [0.1, 0.15) is 5.56 Å². The number of nitrogens with two attached hydrogens (primary N) is 1. The normalized spacial score (nSPS) is 10.6. The van der Waals surface area contributed by atoms with E-state index >= 15 is 0 Å². The maximum atomic E-state index is 13.5. The van der Waals surface area contributed by atoms with E-state index < -0.39 is 0 Å². The van der Waals surface area contributed by atoms with Crippen LogP contribution >= 0.6 is 39.3 Å². The Hall–Kier alpha value is -0.710. The van der Waals surface area contributed by atoms with Crippen molar-refractivity contribution in [3.05, 3.63) is 57.3 Å². The Kier molecular flexibility index (Phi) is 4.54. The second kappa shape index (κ2) is 5.95. The van der Waals surface area contributed by atoms with E-state index in [9.17, 15) is 4.39 Å². The fourth-order valence-electron chi connectivity index (χ4n) is 1.44. The molecule has 0 unspecified atom stereocenters. The van der Waals surface area contributed by atoms with Crippen LogP contribution in [0.15, 0.2) is 45.8 Å². The number of halogens is 3. The third kappa shape index (κ3) is 3.40. The Morgan fingerprint density at radius 1 is 1.22 bits per heavy atom. The zero-order chi connectivity index (χ0) is 13.1. The maximum absolute atomic E-state index is 13.5. The molecule has 0 aliphatic heterocycles. The Labute approximate surface area is 123 Å². The van der Waals surface area contributed by atoms with Gasteiger partial charge in [0.15, 0.2) is 0 Å². The van der Waals surface area contributed by atoms with Crippen molar-refractivity contribution >= 4 is 45.0 Å². The van der Waals surface area contributed by atoms with Gasteiger partial charge in [-0.2, -0.15) is 0 Å². The van der Waals surface area contributed by atoms with Crippen LogP contribution in [0.2, 0.25) is 5.02 Å². The molecular weight excluding hydrogens is 337 g/mol. The molecule has 0 fully saturated rings. The average molecular weight is 347 g/mol. The van der Waals surface area contributed by atoms with Crippen LogP contribution in [0.4, 0.5) is 10.1 Å². The molecule has 0 aliphatic carbocycles. The number of rotatable bonds is 3. The highest BCUT2D eigenvalue weighted by Gasteiger charge is 2.06. The highest BCUT2D eigenvalue weighted by molar-refractivity contribution is 9.10. The third-order valence-corrected chi connectivity index (χ3v) is 4.62. The lowest BCUT2D eigenvalue weighted by Gasteiger charge is -2.06. The summed E-state index contributed by atoms with van der Waals surface area (Å²) in [6, 6.07) is 10.1. The van der Waals surface area contributed by atoms with Crippen LogP contribution in [-0.2, 0) is 5.75 Å². The maximum Gasteiger partial charge on any atom is 0.127 e. The van der Waals surface area contributed by atoms with E-state index in [-0.39, 0.29) is 5.82 Å². The SMILES string of the molecule is Nc1ccc(SCc2cc(Cl)ccc2F)c(Br)c1. The molecule has 2 aromatic carbocycles. The Morgan fingerprint density at radius 2 is 2.00 bits per heavy atom. The molecule has 0 radical (unpaired) electrons. The van der Waals surface area contributed by atoms with Crippen molar-refractivity contribution in [1.82, 2.24) is 0 Å². The van der Waals surface area contributed by atoms with E-state index in [4.69, 9.17) is 17.3 Å². The molecule has 0 aromatic heterocycles. The summed E-state index contributed by atoms with van der Waals surface area (Å²) in [5, 5.41) is 0.545. The minimum absolute atomic E-state index is 0.238. The van der Waals surface area contributed by atoms with E-state index in [1.54, 1.807) is 12.1 Å². The number of hydrogen-bond donors (Lipinski definition) is 1. The summed E-state index contributed by atoms with van der Waals surface area (Å²) in [7, 11) is 0. The molecule has 18 heavy (non-hydrogen) atoms. The fraction of sp³-hybridized carbons (Fsp3) is 0.0769. The van der Waals surface area contributed by atoms with Gasteiger partial charge >= 0.3 is 0 Å². The highest BCUT2D eigenvalue weighted by atomic mass is 79.9. The Bertz CT molecular complexity index is 577. The number of anilines is 1. The molecule has 2 rings (SSSR count). The largest absolute Gasteiger partial charge is 0.399 e. The van der Waals surface area contributed by atoms with Crippen LogP contribution in [-0.4, -0.2) is 0 Å². The molecule has 2 N–H and O–H groups in total. The molecule has 0 amide bonds. The van der Waals surface area contributed by atoms with Gasteiger partial charge in [0, 0.05) is 25.8 Å². The quantitative estimate of drug-likeness (QED) is 0.617. The van der Waals surface area contributed by atoms with Crippen molar-refractivity contribution in [1.29, 1.82) is 0 Å². The summed E-state index contributed by atoms with van der Waals surface area (Å²) in [6.07, 6.45) is 0. The first kappa shape index (κ1) is 13.7. The lowest BCUT2D eigenvalue weighted by molar-refractivity contribution is 0.617. The molecule has 94 valence electrons. The van der Waals surface area contributed by atoms with Crippen molar-refractivity contribution in [3.63, 3.8) is 0 Å². The summed E-state index contributed by atoms with van der Waals surface area (Å²) in [4.78, 5) is 1.02. The predicted octanol–water partition coefficient (Wildman–Crippen LogP) is 5.12. The topological polar surface area (TPSA) is 26.0 Å². The van der Waals surface area contributed by atoms with E-state index in [1.165, 1.54) is 17.8 Å². The van der Waals surface area contributed by atoms with E-state index in [0.717, 1.165) is 9.37 Å². The molecule has 0 atom stereocenters. The molecule has 2 aromatic rings. The van der Waals surface area contributed by atoms with Crippen molar-refractivity contribution in [2.24, 2.45) is 0 Å². The van der Waals surface area contributed by atoms with Gasteiger partial charge in [0.1, 0.15) is 5.82 Å². The van der Waals surface area contributed by atoms with Crippen LogP contribution in [0.5, 0.6) is 0 Å². The Balaban J connectivity index is 2.13. The van der Waals surface area contributed by atoms with Crippen LogP contribution in [0.3, 0.4) is 0 Å². The highest BCUT2D eigenvalue weighted by Crippen LogP contribution is 2.32. The molecule has 1 nitrogen and oxygen atoms in total. The van der Waals surface area contributed by atoms with Crippen LogP contribution < -0.4 is 5.73 Å². The summed E-state index contributed by atoms with van der Waals surface area (Å²) in [5.74, 6) is 0.285. The van der Waals surface area contributed by atoms with Crippen molar-refractivity contribution in [3.8, 4) is 0 Å².